The predicted molar refractivity (Wildman–Crippen MR) is 38.3 cm³/mol. The van der Waals surface area contributed by atoms with Crippen LogP contribution in [0.3, 0.4) is 0 Å². The monoisotopic (exact) mass is 143 g/mol. The minimum absolute atomic E-state index is 0.0984. The van der Waals surface area contributed by atoms with E-state index in [-0.39, 0.29) is 6.10 Å². The molecule has 0 bridgehead atoms. The Bertz CT molecular complexity index is 116. The highest BCUT2D eigenvalue weighted by Gasteiger charge is 2.20. The molecule has 0 saturated heterocycles. The van der Waals surface area contributed by atoms with Crippen molar-refractivity contribution >= 4 is 0 Å². The molecule has 0 N–H and O–H groups in total. The summed E-state index contributed by atoms with van der Waals surface area (Å²) in [5.41, 5.74) is 0. The van der Waals surface area contributed by atoms with Crippen molar-refractivity contribution in [2.45, 2.75) is 38.7 Å². The first kappa shape index (κ1) is 7.51. The summed E-state index contributed by atoms with van der Waals surface area (Å²) in [5, 5.41) is 2.44. The largest absolute Gasteiger partial charge is 0.361 e. The van der Waals surface area contributed by atoms with E-state index in [1.54, 1.807) is 0 Å². The first-order valence-corrected chi connectivity index (χ1v) is 3.81. The second-order valence-corrected chi connectivity index (χ2v) is 3.07. The molecule has 1 aliphatic carbocycles. The van der Waals surface area contributed by atoms with Gasteiger partial charge in [-0.15, -0.1) is 4.91 Å². The number of hydrogen-bond acceptors (Lipinski definition) is 3. The van der Waals surface area contributed by atoms with E-state index in [2.05, 4.69) is 17.1 Å². The molecule has 0 heterocycles. The third-order valence-corrected chi connectivity index (χ3v) is 2.08. The van der Waals surface area contributed by atoms with Crippen LogP contribution in [0.2, 0.25) is 0 Å². The molecule has 3 nitrogen and oxygen atoms in total. The van der Waals surface area contributed by atoms with Gasteiger partial charge in [-0.1, -0.05) is 13.3 Å². The first-order chi connectivity index (χ1) is 4.83. The molecule has 10 heavy (non-hydrogen) atoms. The lowest BCUT2D eigenvalue weighted by molar-refractivity contribution is 0.0165. The van der Waals surface area contributed by atoms with Gasteiger partial charge in [0.15, 0.2) is 5.34 Å². The molecule has 1 saturated carbocycles. The Balaban J connectivity index is 2.24. The summed E-state index contributed by atoms with van der Waals surface area (Å²) < 4.78 is 0. The molecular weight excluding hydrogens is 130 g/mol. The maximum Gasteiger partial charge on any atom is 0.155 e. The van der Waals surface area contributed by atoms with Crippen LogP contribution in [0.4, 0.5) is 0 Å². The molecule has 0 amide bonds. The van der Waals surface area contributed by atoms with Gasteiger partial charge in [-0.3, -0.25) is 0 Å². The normalized spacial score (nSPS) is 33.3. The van der Waals surface area contributed by atoms with E-state index in [0.717, 1.165) is 12.8 Å². The molecule has 0 aliphatic heterocycles. The van der Waals surface area contributed by atoms with E-state index >= 15 is 0 Å². The van der Waals surface area contributed by atoms with Gasteiger partial charge in [0.25, 0.3) is 0 Å². The molecule has 0 aromatic heterocycles. The summed E-state index contributed by atoms with van der Waals surface area (Å²) in [5.74, 6) is 0.695. The first-order valence-electron chi connectivity index (χ1n) is 3.81. The highest BCUT2D eigenvalue weighted by molar-refractivity contribution is 4.69. The third-order valence-electron chi connectivity index (χ3n) is 2.08. The van der Waals surface area contributed by atoms with Crippen molar-refractivity contribution in [3.63, 3.8) is 0 Å². The highest BCUT2D eigenvalue weighted by atomic mass is 16.7. The van der Waals surface area contributed by atoms with Crippen LogP contribution in [0.15, 0.2) is 5.34 Å². The molecule has 0 aromatic rings. The van der Waals surface area contributed by atoms with Gasteiger partial charge in [0.2, 0.25) is 0 Å². The van der Waals surface area contributed by atoms with Crippen LogP contribution in [0.25, 0.3) is 0 Å². The molecule has 1 rings (SSSR count). The second kappa shape index (κ2) is 3.54. The molecule has 2 unspecified atom stereocenters. The minimum Gasteiger partial charge on any atom is -0.361 e. The number of rotatable bonds is 2. The van der Waals surface area contributed by atoms with Crippen molar-refractivity contribution in [3.05, 3.63) is 4.91 Å². The molecule has 0 radical (unpaired) electrons. The van der Waals surface area contributed by atoms with E-state index in [4.69, 9.17) is 0 Å². The van der Waals surface area contributed by atoms with E-state index in [1.165, 1.54) is 12.8 Å². The van der Waals surface area contributed by atoms with Crippen LogP contribution in [-0.2, 0) is 4.84 Å². The van der Waals surface area contributed by atoms with E-state index in [9.17, 15) is 4.91 Å². The second-order valence-electron chi connectivity index (χ2n) is 3.07. The van der Waals surface area contributed by atoms with Crippen molar-refractivity contribution in [1.29, 1.82) is 0 Å². The zero-order chi connectivity index (χ0) is 7.40. The van der Waals surface area contributed by atoms with E-state index < -0.39 is 0 Å². The van der Waals surface area contributed by atoms with Crippen molar-refractivity contribution in [2.75, 3.05) is 0 Å². The zero-order valence-electron chi connectivity index (χ0n) is 6.25. The van der Waals surface area contributed by atoms with E-state index in [1.807, 2.05) is 0 Å². The third kappa shape index (κ3) is 1.97. The summed E-state index contributed by atoms with van der Waals surface area (Å²) in [6, 6.07) is 0. The fourth-order valence-corrected chi connectivity index (χ4v) is 1.54. The average molecular weight is 143 g/mol. The van der Waals surface area contributed by atoms with Crippen molar-refractivity contribution in [3.8, 4) is 0 Å². The summed E-state index contributed by atoms with van der Waals surface area (Å²) in [4.78, 5) is 14.3. The van der Waals surface area contributed by atoms with Crippen molar-refractivity contribution in [2.24, 2.45) is 11.3 Å². The van der Waals surface area contributed by atoms with E-state index in [0.29, 0.717) is 5.92 Å². The standard InChI is InChI=1S/C7H13NO2/c1-6-3-2-4-7(5-6)10-8-9/h6-7H,2-5H2,1H3. The van der Waals surface area contributed by atoms with Gasteiger partial charge in [0, 0.05) is 0 Å². The van der Waals surface area contributed by atoms with Crippen LogP contribution >= 0.6 is 0 Å². The Morgan fingerprint density at radius 1 is 1.50 bits per heavy atom. The SMILES string of the molecule is CC1CCCC(ON=O)C1. The van der Waals surface area contributed by atoms with Crippen LogP contribution in [-0.4, -0.2) is 6.10 Å². The lowest BCUT2D eigenvalue weighted by atomic mass is 9.89. The van der Waals surface area contributed by atoms with Crippen LogP contribution in [0.1, 0.15) is 32.6 Å². The minimum atomic E-state index is 0.0984. The summed E-state index contributed by atoms with van der Waals surface area (Å²) >= 11 is 0. The lowest BCUT2D eigenvalue weighted by Crippen LogP contribution is -2.19. The molecular formula is C7H13NO2. The Morgan fingerprint density at radius 2 is 2.30 bits per heavy atom. The number of hydrogen-bond donors (Lipinski definition) is 0. The fraction of sp³-hybridized carbons (Fsp3) is 1.00. The van der Waals surface area contributed by atoms with Gasteiger partial charge in [-0.2, -0.15) is 0 Å². The Kier molecular flexibility index (Phi) is 2.66. The van der Waals surface area contributed by atoms with Crippen LogP contribution in [0, 0.1) is 10.8 Å². The summed E-state index contributed by atoms with van der Waals surface area (Å²) in [6.07, 6.45) is 4.52. The zero-order valence-corrected chi connectivity index (χ0v) is 6.25. The van der Waals surface area contributed by atoms with Crippen molar-refractivity contribution < 1.29 is 4.84 Å². The Hall–Kier alpha value is -0.600. The topological polar surface area (TPSA) is 38.7 Å². The maximum absolute atomic E-state index is 9.71. The fourth-order valence-electron chi connectivity index (χ4n) is 1.54. The van der Waals surface area contributed by atoms with Crippen LogP contribution < -0.4 is 0 Å². The number of nitrogens with zero attached hydrogens (tertiary/aromatic N) is 1. The lowest BCUT2D eigenvalue weighted by Gasteiger charge is -2.23. The Labute approximate surface area is 60.7 Å². The van der Waals surface area contributed by atoms with Gasteiger partial charge in [0.05, 0.1) is 0 Å². The molecule has 1 aliphatic rings. The van der Waals surface area contributed by atoms with Gasteiger partial charge in [0.1, 0.15) is 6.10 Å². The van der Waals surface area contributed by atoms with Crippen LogP contribution in [0.5, 0.6) is 0 Å². The van der Waals surface area contributed by atoms with Crippen molar-refractivity contribution in [1.82, 2.24) is 0 Å². The Morgan fingerprint density at radius 3 is 2.90 bits per heavy atom. The van der Waals surface area contributed by atoms with Gasteiger partial charge in [-0.25, -0.2) is 0 Å². The average Bonchev–Trinajstić information content (AvgIpc) is 1.88. The van der Waals surface area contributed by atoms with Gasteiger partial charge < -0.3 is 4.84 Å². The van der Waals surface area contributed by atoms with Gasteiger partial charge >= 0.3 is 0 Å². The summed E-state index contributed by atoms with van der Waals surface area (Å²) in [6.45, 7) is 2.18. The molecule has 0 aromatic carbocycles. The molecule has 1 fully saturated rings. The molecule has 2 atom stereocenters. The highest BCUT2D eigenvalue weighted by Crippen LogP contribution is 2.25. The molecule has 3 heteroatoms. The molecule has 0 spiro atoms. The molecule has 58 valence electrons. The quantitative estimate of drug-likeness (QED) is 0.439. The smallest absolute Gasteiger partial charge is 0.155 e. The predicted octanol–water partition coefficient (Wildman–Crippen LogP) is 2.26. The maximum atomic E-state index is 9.71. The summed E-state index contributed by atoms with van der Waals surface area (Å²) in [7, 11) is 0. The van der Waals surface area contributed by atoms with Gasteiger partial charge in [-0.05, 0) is 25.2 Å².